The van der Waals surface area contributed by atoms with Crippen LogP contribution in [0.5, 0.6) is 0 Å². The number of benzene rings is 1. The van der Waals surface area contributed by atoms with E-state index in [1.165, 1.54) is 17.7 Å². The molecule has 0 radical (unpaired) electrons. The topological polar surface area (TPSA) is 25.2 Å². The molecule has 3 heterocycles. The lowest BCUT2D eigenvalue weighted by Gasteiger charge is -2.51. The van der Waals surface area contributed by atoms with Crippen molar-refractivity contribution in [2.24, 2.45) is 5.92 Å². The standard InChI is InChI=1S/C24H36N2OSi2/c1-28(2,3)22-13-12-21-19-14-20(24(29(4,5)6)26(21)23(22)27)17-25(16-19)15-18-10-8-7-9-11-18/h7-13,19-20,24H,14-17H2,1-6H3/t19-,20+,24+/m1/s1. The number of hydrogen-bond acceptors (Lipinski definition) is 2. The number of aromatic nitrogens is 1. The molecule has 3 nitrogen and oxygen atoms in total. The van der Waals surface area contributed by atoms with Gasteiger partial charge in [-0.3, -0.25) is 9.69 Å². The van der Waals surface area contributed by atoms with Gasteiger partial charge in [-0.1, -0.05) is 75.7 Å². The Morgan fingerprint density at radius 3 is 2.24 bits per heavy atom. The molecule has 1 aromatic heterocycles. The molecular formula is C24H36N2OSi2. The van der Waals surface area contributed by atoms with Crippen LogP contribution < -0.4 is 10.7 Å². The summed E-state index contributed by atoms with van der Waals surface area (Å²) in [5.41, 5.74) is 3.43. The van der Waals surface area contributed by atoms with Gasteiger partial charge in [0.1, 0.15) is 0 Å². The van der Waals surface area contributed by atoms with E-state index in [9.17, 15) is 4.79 Å². The minimum Gasteiger partial charge on any atom is -0.312 e. The van der Waals surface area contributed by atoms with E-state index in [-0.39, 0.29) is 0 Å². The summed E-state index contributed by atoms with van der Waals surface area (Å²) in [5, 5.41) is 1.10. The molecule has 29 heavy (non-hydrogen) atoms. The maximum Gasteiger partial charge on any atom is 0.249 e. The highest BCUT2D eigenvalue weighted by Crippen LogP contribution is 2.44. The van der Waals surface area contributed by atoms with Crippen molar-refractivity contribution >= 4 is 21.3 Å². The second kappa shape index (κ2) is 7.36. The SMILES string of the molecule is C[Si](C)(C)c1ccc2n(c1=O)[C@@H]([Si](C)(C)C)[C@H]1C[C@@H]2CN(Cc2ccccc2)C1. The Labute approximate surface area is 177 Å². The van der Waals surface area contributed by atoms with Crippen molar-refractivity contribution < 1.29 is 0 Å². The van der Waals surface area contributed by atoms with E-state index in [2.05, 4.69) is 91.2 Å². The first-order chi connectivity index (χ1) is 13.6. The molecule has 0 aliphatic carbocycles. The van der Waals surface area contributed by atoms with E-state index in [1.807, 2.05) is 0 Å². The zero-order chi connectivity index (χ0) is 21.0. The second-order valence-corrected chi connectivity index (χ2v) is 21.6. The number of fused-ring (bicyclic) bond motifs is 4. The number of hydrogen-bond donors (Lipinski definition) is 0. The average Bonchev–Trinajstić information content (AvgIpc) is 2.61. The van der Waals surface area contributed by atoms with Crippen molar-refractivity contribution in [3.63, 3.8) is 0 Å². The molecule has 0 saturated carbocycles. The summed E-state index contributed by atoms with van der Waals surface area (Å²) in [6.45, 7) is 17.4. The van der Waals surface area contributed by atoms with Crippen LogP contribution in [0.1, 0.15) is 29.3 Å². The highest BCUT2D eigenvalue weighted by atomic mass is 28.3. The first-order valence-corrected chi connectivity index (χ1v) is 18.2. The first-order valence-electron chi connectivity index (χ1n) is 11.1. The Morgan fingerprint density at radius 2 is 1.62 bits per heavy atom. The van der Waals surface area contributed by atoms with E-state index in [1.54, 1.807) is 0 Å². The molecule has 0 amide bonds. The Bertz CT molecular complexity index is 940. The van der Waals surface area contributed by atoms with Crippen LogP contribution in [0.25, 0.3) is 0 Å². The van der Waals surface area contributed by atoms with Crippen LogP contribution in [0.2, 0.25) is 39.3 Å². The minimum atomic E-state index is -1.65. The molecule has 2 aromatic rings. The quantitative estimate of drug-likeness (QED) is 0.678. The van der Waals surface area contributed by atoms with Crippen molar-refractivity contribution in [1.29, 1.82) is 0 Å². The smallest absolute Gasteiger partial charge is 0.249 e. The Balaban J connectivity index is 1.77. The summed E-state index contributed by atoms with van der Waals surface area (Å²) in [6.07, 6.45) is 1.24. The molecule has 1 saturated heterocycles. The largest absolute Gasteiger partial charge is 0.312 e. The summed E-state index contributed by atoms with van der Waals surface area (Å²) in [5.74, 6) is 1.07. The maximum absolute atomic E-state index is 13.7. The second-order valence-electron chi connectivity index (χ2n) is 11.3. The van der Waals surface area contributed by atoms with E-state index >= 15 is 0 Å². The summed E-state index contributed by atoms with van der Waals surface area (Å²) in [7, 11) is -3.23. The molecule has 1 aromatic carbocycles. The van der Waals surface area contributed by atoms with Gasteiger partial charge in [0.15, 0.2) is 0 Å². The van der Waals surface area contributed by atoms with Gasteiger partial charge in [0.25, 0.3) is 0 Å². The highest BCUT2D eigenvalue weighted by molar-refractivity contribution is 6.88. The van der Waals surface area contributed by atoms with Crippen molar-refractivity contribution in [1.82, 2.24) is 9.47 Å². The van der Waals surface area contributed by atoms with Crippen LogP contribution in [-0.2, 0) is 6.54 Å². The average molecular weight is 425 g/mol. The van der Waals surface area contributed by atoms with Crippen LogP contribution in [0.15, 0.2) is 47.3 Å². The summed E-state index contributed by atoms with van der Waals surface area (Å²) in [6, 6.07) is 15.3. The van der Waals surface area contributed by atoms with E-state index in [0.717, 1.165) is 24.8 Å². The molecule has 156 valence electrons. The fourth-order valence-corrected chi connectivity index (χ4v) is 9.75. The lowest BCUT2D eigenvalue weighted by molar-refractivity contribution is 0.106. The Morgan fingerprint density at radius 1 is 0.931 bits per heavy atom. The molecule has 2 bridgehead atoms. The molecule has 5 heteroatoms. The van der Waals surface area contributed by atoms with Gasteiger partial charge < -0.3 is 4.57 Å². The summed E-state index contributed by atoms with van der Waals surface area (Å²) >= 11 is 0. The van der Waals surface area contributed by atoms with Gasteiger partial charge in [0.2, 0.25) is 5.56 Å². The normalized spacial score (nSPS) is 25.0. The number of nitrogens with zero attached hydrogens (tertiary/aromatic N) is 2. The predicted molar refractivity (Wildman–Crippen MR) is 129 cm³/mol. The van der Waals surface area contributed by atoms with Crippen molar-refractivity contribution in [2.45, 2.75) is 63.8 Å². The van der Waals surface area contributed by atoms with E-state index < -0.39 is 16.1 Å². The van der Waals surface area contributed by atoms with Crippen LogP contribution >= 0.6 is 0 Å². The number of rotatable bonds is 4. The minimum absolute atomic E-state index is 0.334. The molecule has 0 N–H and O–H groups in total. The van der Waals surface area contributed by atoms with Gasteiger partial charge >= 0.3 is 0 Å². The fourth-order valence-electron chi connectivity index (χ4n) is 5.71. The zero-order valence-electron chi connectivity index (χ0n) is 18.9. The Kier molecular flexibility index (Phi) is 5.28. The van der Waals surface area contributed by atoms with Crippen molar-refractivity contribution in [2.75, 3.05) is 13.1 Å². The van der Waals surface area contributed by atoms with Gasteiger partial charge in [-0.15, -0.1) is 0 Å². The van der Waals surface area contributed by atoms with E-state index in [4.69, 9.17) is 0 Å². The number of pyridine rings is 1. The highest BCUT2D eigenvalue weighted by Gasteiger charge is 2.46. The van der Waals surface area contributed by atoms with Crippen molar-refractivity contribution in [3.05, 3.63) is 64.1 Å². The molecule has 3 atom stereocenters. The lowest BCUT2D eigenvalue weighted by Crippen LogP contribution is -2.59. The lowest BCUT2D eigenvalue weighted by atomic mass is 9.82. The zero-order valence-corrected chi connectivity index (χ0v) is 20.9. The summed E-state index contributed by atoms with van der Waals surface area (Å²) in [4.78, 5) is 16.4. The van der Waals surface area contributed by atoms with E-state index in [0.29, 0.717) is 23.1 Å². The first kappa shape index (κ1) is 20.8. The number of piperidine rings is 1. The third-order valence-corrected chi connectivity index (χ3v) is 11.3. The molecule has 0 spiro atoms. The van der Waals surface area contributed by atoms with Gasteiger partial charge in [0.05, 0.1) is 16.1 Å². The van der Waals surface area contributed by atoms with Gasteiger partial charge in [-0.2, -0.15) is 0 Å². The van der Waals surface area contributed by atoms with Gasteiger partial charge in [-0.05, 0) is 24.0 Å². The number of likely N-dealkylation sites (tertiary alicyclic amines) is 1. The third-order valence-electron chi connectivity index (χ3n) is 6.79. The van der Waals surface area contributed by atoms with Gasteiger partial charge in [0, 0.05) is 42.1 Å². The Hall–Kier alpha value is -1.44. The monoisotopic (exact) mass is 424 g/mol. The molecule has 0 unspecified atom stereocenters. The molecule has 4 rings (SSSR count). The molecule has 1 fully saturated rings. The third kappa shape index (κ3) is 3.97. The fraction of sp³-hybridized carbons (Fsp3) is 0.542. The van der Waals surface area contributed by atoms with Gasteiger partial charge in [-0.25, -0.2) is 0 Å². The summed E-state index contributed by atoms with van der Waals surface area (Å²) < 4.78 is 2.30. The van der Waals surface area contributed by atoms with Crippen molar-refractivity contribution in [3.8, 4) is 0 Å². The van der Waals surface area contributed by atoms with Crippen LogP contribution in [-0.4, -0.2) is 38.7 Å². The van der Waals surface area contributed by atoms with Crippen LogP contribution in [0.3, 0.4) is 0 Å². The van der Waals surface area contributed by atoms with Crippen LogP contribution in [0, 0.1) is 5.92 Å². The maximum atomic E-state index is 13.7. The molecule has 2 aliphatic heterocycles. The predicted octanol–water partition coefficient (Wildman–Crippen LogP) is 4.43. The van der Waals surface area contributed by atoms with Crippen LogP contribution in [0.4, 0.5) is 0 Å². The molecule has 2 aliphatic rings. The molecular weight excluding hydrogens is 388 g/mol.